The van der Waals surface area contributed by atoms with Crippen molar-refractivity contribution in [2.75, 3.05) is 26.7 Å². The number of likely N-dealkylation sites (N-methyl/N-ethyl adjacent to an activating group) is 1. The maximum absolute atomic E-state index is 3.76. The molecule has 2 heteroatoms. The second-order valence-corrected chi connectivity index (χ2v) is 5.54. The molecule has 0 heterocycles. The molecule has 0 aliphatic rings. The van der Waals surface area contributed by atoms with E-state index in [1.54, 1.807) is 0 Å². The highest BCUT2D eigenvalue weighted by Crippen LogP contribution is 2.10. The summed E-state index contributed by atoms with van der Waals surface area (Å²) in [7, 11) is 2.20. The van der Waals surface area contributed by atoms with Crippen LogP contribution in [0.25, 0.3) is 0 Å². The molecule has 0 spiro atoms. The van der Waals surface area contributed by atoms with Crippen LogP contribution in [0.2, 0.25) is 0 Å². The fourth-order valence-electron chi connectivity index (χ4n) is 2.25. The summed E-state index contributed by atoms with van der Waals surface area (Å²) in [4.78, 5) is 2.38. The third-order valence-corrected chi connectivity index (χ3v) is 3.78. The molecule has 0 saturated carbocycles. The molecular weight excluding hydrogens is 220 g/mol. The van der Waals surface area contributed by atoms with Crippen molar-refractivity contribution in [2.45, 2.75) is 78.2 Å². The van der Waals surface area contributed by atoms with Crippen molar-refractivity contribution in [3.8, 4) is 0 Å². The smallest absolute Gasteiger partial charge is 0.0104 e. The lowest BCUT2D eigenvalue weighted by Gasteiger charge is -2.21. The monoisotopic (exact) mass is 256 g/mol. The van der Waals surface area contributed by atoms with Crippen LogP contribution in [-0.4, -0.2) is 37.6 Å². The van der Waals surface area contributed by atoms with Crippen molar-refractivity contribution in [1.82, 2.24) is 10.2 Å². The van der Waals surface area contributed by atoms with Crippen LogP contribution in [-0.2, 0) is 0 Å². The summed E-state index contributed by atoms with van der Waals surface area (Å²) < 4.78 is 0. The number of nitrogens with one attached hydrogen (secondary N) is 1. The Labute approximate surface area is 116 Å². The molecule has 110 valence electrons. The minimum absolute atomic E-state index is 0.758. The highest BCUT2D eigenvalue weighted by atomic mass is 15.1. The van der Waals surface area contributed by atoms with E-state index in [9.17, 15) is 0 Å². The van der Waals surface area contributed by atoms with E-state index in [1.807, 2.05) is 0 Å². The average Bonchev–Trinajstić information content (AvgIpc) is 2.38. The van der Waals surface area contributed by atoms with Crippen LogP contribution in [0.3, 0.4) is 0 Å². The van der Waals surface area contributed by atoms with Gasteiger partial charge in [0.1, 0.15) is 0 Å². The Kier molecular flexibility index (Phi) is 13.3. The predicted octanol–water partition coefficient (Wildman–Crippen LogP) is 4.06. The fourth-order valence-corrected chi connectivity index (χ4v) is 2.25. The van der Waals surface area contributed by atoms with Gasteiger partial charge in [-0.1, -0.05) is 59.3 Å². The van der Waals surface area contributed by atoms with Crippen molar-refractivity contribution in [3.05, 3.63) is 0 Å². The standard InChI is InChI=1S/C16H36N2/c1-5-8-10-12-16(13-11-9-6-2)17-14-15-18(4)7-3/h16-17H,5-15H2,1-4H3. The molecule has 0 radical (unpaired) electrons. The summed E-state index contributed by atoms with van der Waals surface area (Å²) >= 11 is 0. The zero-order chi connectivity index (χ0) is 13.6. The predicted molar refractivity (Wildman–Crippen MR) is 83.2 cm³/mol. The first-order chi connectivity index (χ1) is 8.74. The van der Waals surface area contributed by atoms with Gasteiger partial charge in [0.05, 0.1) is 0 Å². The topological polar surface area (TPSA) is 15.3 Å². The van der Waals surface area contributed by atoms with E-state index in [0.717, 1.165) is 19.1 Å². The molecule has 0 fully saturated rings. The lowest BCUT2D eigenvalue weighted by Crippen LogP contribution is -2.35. The molecule has 1 N–H and O–H groups in total. The first kappa shape index (κ1) is 17.9. The van der Waals surface area contributed by atoms with Crippen molar-refractivity contribution >= 4 is 0 Å². The molecule has 0 unspecified atom stereocenters. The lowest BCUT2D eigenvalue weighted by atomic mass is 10.0. The quantitative estimate of drug-likeness (QED) is 0.500. The van der Waals surface area contributed by atoms with E-state index in [0.29, 0.717) is 0 Å². The van der Waals surface area contributed by atoms with E-state index < -0.39 is 0 Å². The van der Waals surface area contributed by atoms with Gasteiger partial charge in [-0.05, 0) is 26.4 Å². The molecule has 2 nitrogen and oxygen atoms in total. The molecular formula is C16H36N2. The Morgan fingerprint density at radius 1 is 0.889 bits per heavy atom. The second-order valence-electron chi connectivity index (χ2n) is 5.54. The molecule has 0 aromatic rings. The molecule has 18 heavy (non-hydrogen) atoms. The third-order valence-electron chi connectivity index (χ3n) is 3.78. The lowest BCUT2D eigenvalue weighted by molar-refractivity contribution is 0.328. The summed E-state index contributed by atoms with van der Waals surface area (Å²) in [6.45, 7) is 10.3. The van der Waals surface area contributed by atoms with Crippen molar-refractivity contribution in [2.24, 2.45) is 0 Å². The zero-order valence-corrected chi connectivity index (χ0v) is 13.3. The van der Waals surface area contributed by atoms with Gasteiger partial charge in [-0.15, -0.1) is 0 Å². The molecule has 0 aliphatic heterocycles. The van der Waals surface area contributed by atoms with E-state index in [2.05, 4.69) is 38.0 Å². The summed E-state index contributed by atoms with van der Waals surface area (Å²) in [5, 5.41) is 3.76. The first-order valence-corrected chi connectivity index (χ1v) is 8.16. The molecule has 0 aromatic carbocycles. The number of nitrogens with zero attached hydrogens (tertiary/aromatic N) is 1. The minimum Gasteiger partial charge on any atom is -0.313 e. The summed E-state index contributed by atoms with van der Waals surface area (Å²) in [6.07, 6.45) is 11.0. The number of hydrogen-bond donors (Lipinski definition) is 1. The van der Waals surface area contributed by atoms with Crippen LogP contribution in [0.5, 0.6) is 0 Å². The van der Waals surface area contributed by atoms with Gasteiger partial charge in [0.15, 0.2) is 0 Å². The largest absolute Gasteiger partial charge is 0.313 e. The molecule has 0 saturated heterocycles. The summed E-state index contributed by atoms with van der Waals surface area (Å²) in [5.41, 5.74) is 0. The number of hydrogen-bond acceptors (Lipinski definition) is 2. The minimum atomic E-state index is 0.758. The Bertz CT molecular complexity index is 149. The Balaban J connectivity index is 3.73. The van der Waals surface area contributed by atoms with Crippen molar-refractivity contribution < 1.29 is 0 Å². The summed E-state index contributed by atoms with van der Waals surface area (Å²) in [5.74, 6) is 0. The van der Waals surface area contributed by atoms with Crippen LogP contribution in [0.4, 0.5) is 0 Å². The normalized spacial score (nSPS) is 11.7. The molecule has 0 rings (SSSR count). The fraction of sp³-hybridized carbons (Fsp3) is 1.00. The van der Waals surface area contributed by atoms with E-state index in [-0.39, 0.29) is 0 Å². The van der Waals surface area contributed by atoms with Crippen LogP contribution in [0.1, 0.15) is 72.1 Å². The van der Waals surface area contributed by atoms with Crippen LogP contribution in [0.15, 0.2) is 0 Å². The number of rotatable bonds is 13. The van der Waals surface area contributed by atoms with Crippen LogP contribution >= 0.6 is 0 Å². The van der Waals surface area contributed by atoms with E-state index >= 15 is 0 Å². The molecule has 0 aliphatic carbocycles. The average molecular weight is 256 g/mol. The second kappa shape index (κ2) is 13.4. The maximum Gasteiger partial charge on any atom is 0.0104 e. The van der Waals surface area contributed by atoms with E-state index in [4.69, 9.17) is 0 Å². The SMILES string of the molecule is CCCCCC(CCCCC)NCCN(C)CC. The molecule has 0 bridgehead atoms. The van der Waals surface area contributed by atoms with Gasteiger partial charge in [-0.3, -0.25) is 0 Å². The van der Waals surface area contributed by atoms with Gasteiger partial charge in [-0.2, -0.15) is 0 Å². The van der Waals surface area contributed by atoms with Gasteiger partial charge in [0.25, 0.3) is 0 Å². The maximum atomic E-state index is 3.76. The van der Waals surface area contributed by atoms with Gasteiger partial charge in [0, 0.05) is 19.1 Å². The van der Waals surface area contributed by atoms with Crippen LogP contribution < -0.4 is 5.32 Å². The third kappa shape index (κ3) is 11.0. The molecule has 0 amide bonds. The van der Waals surface area contributed by atoms with Crippen molar-refractivity contribution in [1.29, 1.82) is 0 Å². The van der Waals surface area contributed by atoms with Crippen LogP contribution in [0, 0.1) is 0 Å². The van der Waals surface area contributed by atoms with Gasteiger partial charge < -0.3 is 10.2 Å². The Morgan fingerprint density at radius 3 is 1.89 bits per heavy atom. The summed E-state index contributed by atoms with van der Waals surface area (Å²) in [6, 6.07) is 0.758. The Hall–Kier alpha value is -0.0800. The van der Waals surface area contributed by atoms with Gasteiger partial charge in [0.2, 0.25) is 0 Å². The van der Waals surface area contributed by atoms with Gasteiger partial charge >= 0.3 is 0 Å². The number of unbranched alkanes of at least 4 members (excludes halogenated alkanes) is 4. The zero-order valence-electron chi connectivity index (χ0n) is 13.3. The molecule has 0 atom stereocenters. The first-order valence-electron chi connectivity index (χ1n) is 8.16. The highest BCUT2D eigenvalue weighted by molar-refractivity contribution is 4.68. The van der Waals surface area contributed by atoms with Gasteiger partial charge in [-0.25, -0.2) is 0 Å². The Morgan fingerprint density at radius 2 is 1.44 bits per heavy atom. The highest BCUT2D eigenvalue weighted by Gasteiger charge is 2.07. The van der Waals surface area contributed by atoms with E-state index in [1.165, 1.54) is 57.9 Å². The van der Waals surface area contributed by atoms with Crippen molar-refractivity contribution in [3.63, 3.8) is 0 Å². The molecule has 0 aromatic heterocycles.